The molecule has 5 heteroatoms. The molecule has 2 nitrogen and oxygen atoms in total. The number of hydrogen-bond acceptors (Lipinski definition) is 3. The van der Waals surface area contributed by atoms with Crippen molar-refractivity contribution in [2.75, 3.05) is 7.05 Å². The van der Waals surface area contributed by atoms with Crippen LogP contribution in [0.2, 0.25) is 0 Å². The van der Waals surface area contributed by atoms with Gasteiger partial charge in [-0.25, -0.2) is 8.78 Å². The average molecular weight is 625 g/mol. The Morgan fingerprint density at radius 1 is 1.02 bits per heavy atom. The van der Waals surface area contributed by atoms with E-state index in [1.165, 1.54) is 79.2 Å². The van der Waals surface area contributed by atoms with E-state index < -0.39 is 6.17 Å². The van der Waals surface area contributed by atoms with Crippen LogP contribution in [0.1, 0.15) is 103 Å². The zero-order chi connectivity index (χ0) is 33.2. The normalized spacial score (nSPS) is 20.5. The first kappa shape index (κ1) is 39.5. The molecule has 244 valence electrons. The molecule has 1 fully saturated rings. The molecule has 2 aliphatic carbocycles. The molecule has 1 aromatic carbocycles. The minimum atomic E-state index is -0.943. The number of thioether (sulfide) groups is 1. The number of aryl methyl sites for hydroxylation is 2. The van der Waals surface area contributed by atoms with Crippen LogP contribution in [-0.2, 0) is 6.42 Å². The zero-order valence-electron chi connectivity index (χ0n) is 28.7. The molecule has 1 aromatic heterocycles. The van der Waals surface area contributed by atoms with Gasteiger partial charge in [-0.1, -0.05) is 104 Å². The molecule has 5 rings (SSSR count). The van der Waals surface area contributed by atoms with Crippen molar-refractivity contribution in [1.82, 2.24) is 4.98 Å². The quantitative estimate of drug-likeness (QED) is 0.347. The summed E-state index contributed by atoms with van der Waals surface area (Å²) < 4.78 is 28.2. The van der Waals surface area contributed by atoms with Crippen molar-refractivity contribution < 1.29 is 8.78 Å². The maximum absolute atomic E-state index is 14.2. The molecule has 0 amide bonds. The van der Waals surface area contributed by atoms with Crippen LogP contribution in [0.25, 0.3) is 17.2 Å². The number of pyridine rings is 1. The van der Waals surface area contributed by atoms with Crippen LogP contribution in [0.5, 0.6) is 0 Å². The molecule has 2 N–H and O–H groups in total. The monoisotopic (exact) mass is 624 g/mol. The number of hydrogen-bond donors (Lipinski definition) is 1. The van der Waals surface area contributed by atoms with Crippen molar-refractivity contribution in [1.29, 1.82) is 0 Å². The van der Waals surface area contributed by atoms with Gasteiger partial charge in [0.2, 0.25) is 0 Å². The number of rotatable bonds is 6. The van der Waals surface area contributed by atoms with Crippen molar-refractivity contribution in [2.24, 2.45) is 17.6 Å². The first-order chi connectivity index (χ1) is 21.3. The molecule has 3 aliphatic rings. The second-order valence-electron chi connectivity index (χ2n) is 10.9. The molecule has 1 saturated carbocycles. The van der Waals surface area contributed by atoms with E-state index in [1.807, 2.05) is 46.9 Å². The summed E-state index contributed by atoms with van der Waals surface area (Å²) in [5.74, 6) is 0.299. The van der Waals surface area contributed by atoms with E-state index in [9.17, 15) is 8.78 Å². The molecule has 0 saturated heterocycles. The summed E-state index contributed by atoms with van der Waals surface area (Å²) in [5.41, 5.74) is 12.8. The van der Waals surface area contributed by atoms with Gasteiger partial charge in [0.05, 0.1) is 10.9 Å². The number of allylic oxidation sites excluding steroid dienone is 3. The molecule has 2 aromatic rings. The first-order valence-electron chi connectivity index (χ1n) is 16.6. The smallest absolute Gasteiger partial charge is 0.112 e. The van der Waals surface area contributed by atoms with E-state index in [2.05, 4.69) is 62.0 Å². The van der Waals surface area contributed by atoms with Gasteiger partial charge in [-0.15, -0.1) is 11.8 Å². The molecule has 0 spiro atoms. The Bertz CT molecular complexity index is 1230. The van der Waals surface area contributed by atoms with Crippen molar-refractivity contribution in [3.63, 3.8) is 0 Å². The lowest BCUT2D eigenvalue weighted by Gasteiger charge is -2.26. The average Bonchev–Trinajstić information content (AvgIpc) is 3.45. The summed E-state index contributed by atoms with van der Waals surface area (Å²) in [6, 6.07) is 10.7. The third-order valence-electron chi connectivity index (χ3n) is 8.26. The van der Waals surface area contributed by atoms with E-state index in [4.69, 9.17) is 0 Å². The van der Waals surface area contributed by atoms with E-state index in [0.717, 1.165) is 40.5 Å². The molecule has 0 bridgehead atoms. The predicted molar refractivity (Wildman–Crippen MR) is 193 cm³/mol. The lowest BCUT2D eigenvalue weighted by molar-refractivity contribution is 0.239. The van der Waals surface area contributed by atoms with Crippen LogP contribution in [0.15, 0.2) is 77.6 Å². The highest BCUT2D eigenvalue weighted by Crippen LogP contribution is 2.53. The number of aromatic nitrogens is 1. The Labute approximate surface area is 272 Å². The largest absolute Gasteiger partial charge is 0.333 e. The van der Waals surface area contributed by atoms with Crippen LogP contribution >= 0.6 is 11.8 Å². The SMILES string of the molecule is C=C(CC1CCCCC1)C1=C(C)C2C(F)CC=C(F)C2S1.C=Cc1cc(-c2ccc(C)c(CC)c2)ccn1.CC.CC.CN. The molecule has 2 heterocycles. The summed E-state index contributed by atoms with van der Waals surface area (Å²) in [6.07, 6.45) is 12.9. The molecular weight excluding hydrogens is 567 g/mol. The second kappa shape index (κ2) is 21.3. The second-order valence-corrected chi connectivity index (χ2v) is 12.0. The standard InChI is InChI=1S/C18H24F2S.C16H17N.2C2H6.CH5N/c1-11(10-13-6-4-3-5-7-13)17-12(2)16-14(19)8-9-15(20)18(16)21-17;1-4-13-10-14(7-6-12(13)3)15-8-9-17-16(5-2)11-15;3*1-2/h9,13-14,16,18H,1,3-8,10H2,2H3;5-11H,2,4H2,1,3H3;2*1-2H3;2H2,1H3. The summed E-state index contributed by atoms with van der Waals surface area (Å²) in [5, 5.41) is -0.341. The number of nitrogens with two attached hydrogens (primary N) is 1. The van der Waals surface area contributed by atoms with Gasteiger partial charge in [0, 0.05) is 23.4 Å². The van der Waals surface area contributed by atoms with Crippen LogP contribution in [-0.4, -0.2) is 23.5 Å². The number of nitrogens with zero attached hydrogens (tertiary/aromatic N) is 1. The van der Waals surface area contributed by atoms with Gasteiger partial charge < -0.3 is 5.73 Å². The topological polar surface area (TPSA) is 38.9 Å². The highest BCUT2D eigenvalue weighted by Gasteiger charge is 2.43. The third kappa shape index (κ3) is 10.8. The molecule has 3 unspecified atom stereocenters. The van der Waals surface area contributed by atoms with E-state index >= 15 is 0 Å². The molecule has 44 heavy (non-hydrogen) atoms. The maximum Gasteiger partial charge on any atom is 0.112 e. The van der Waals surface area contributed by atoms with Gasteiger partial charge in [0.1, 0.15) is 12.0 Å². The highest BCUT2D eigenvalue weighted by molar-refractivity contribution is 8.04. The number of alkyl halides is 1. The van der Waals surface area contributed by atoms with Gasteiger partial charge in [-0.05, 0) is 91.8 Å². The van der Waals surface area contributed by atoms with Gasteiger partial charge in [0.15, 0.2) is 0 Å². The first-order valence-corrected chi connectivity index (χ1v) is 17.5. The number of halogens is 2. The summed E-state index contributed by atoms with van der Waals surface area (Å²) in [7, 11) is 1.50. The van der Waals surface area contributed by atoms with Crippen LogP contribution in [0.3, 0.4) is 0 Å². The van der Waals surface area contributed by atoms with Crippen molar-refractivity contribution in [3.05, 3.63) is 94.5 Å². The van der Waals surface area contributed by atoms with Crippen molar-refractivity contribution >= 4 is 17.8 Å². The third-order valence-corrected chi connectivity index (χ3v) is 9.88. The summed E-state index contributed by atoms with van der Waals surface area (Å²) in [6.45, 7) is 22.3. The van der Waals surface area contributed by atoms with Crippen LogP contribution < -0.4 is 5.73 Å². The zero-order valence-corrected chi connectivity index (χ0v) is 29.5. The van der Waals surface area contributed by atoms with Gasteiger partial charge in [0.25, 0.3) is 0 Å². The summed E-state index contributed by atoms with van der Waals surface area (Å²) in [4.78, 5) is 5.31. The fourth-order valence-corrected chi connectivity index (χ4v) is 7.57. The number of fused-ring (bicyclic) bond motifs is 1. The molecule has 1 aliphatic heterocycles. The van der Waals surface area contributed by atoms with Crippen molar-refractivity contribution in [2.45, 2.75) is 111 Å². The highest BCUT2D eigenvalue weighted by atomic mass is 32.2. The Kier molecular flexibility index (Phi) is 19.1. The minimum Gasteiger partial charge on any atom is -0.333 e. The van der Waals surface area contributed by atoms with E-state index in [1.54, 1.807) is 6.08 Å². The van der Waals surface area contributed by atoms with Crippen molar-refractivity contribution in [3.8, 4) is 11.1 Å². The van der Waals surface area contributed by atoms with E-state index in [-0.39, 0.29) is 23.4 Å². The Morgan fingerprint density at radius 3 is 2.25 bits per heavy atom. The Morgan fingerprint density at radius 2 is 1.66 bits per heavy atom. The maximum atomic E-state index is 14.2. The number of benzene rings is 1. The predicted octanol–water partition coefficient (Wildman–Crippen LogP) is 12.0. The summed E-state index contributed by atoms with van der Waals surface area (Å²) >= 11 is 1.51. The van der Waals surface area contributed by atoms with Gasteiger partial charge in [-0.2, -0.15) is 0 Å². The fraction of sp³-hybridized carbons (Fsp3) is 0.513. The van der Waals surface area contributed by atoms with Gasteiger partial charge >= 0.3 is 0 Å². The molecule has 3 atom stereocenters. The minimum absolute atomic E-state index is 0.140. The Hall–Kier alpha value is -2.50. The Balaban J connectivity index is 0.000000382. The molecule has 0 radical (unpaired) electrons. The van der Waals surface area contributed by atoms with Crippen LogP contribution in [0, 0.1) is 18.8 Å². The lowest BCUT2D eigenvalue weighted by Crippen LogP contribution is -2.28. The molecular formula is C39H58F2N2S. The van der Waals surface area contributed by atoms with E-state index in [0.29, 0.717) is 0 Å². The fourth-order valence-electron chi connectivity index (χ4n) is 6.01. The van der Waals surface area contributed by atoms with Gasteiger partial charge in [-0.3, -0.25) is 4.98 Å². The lowest BCUT2D eigenvalue weighted by atomic mass is 9.82. The van der Waals surface area contributed by atoms with Crippen LogP contribution in [0.4, 0.5) is 8.78 Å².